The molecule has 0 radical (unpaired) electrons. The zero-order valence-corrected chi connectivity index (χ0v) is 10.2. The van der Waals surface area contributed by atoms with Gasteiger partial charge in [-0.1, -0.05) is 18.9 Å². The van der Waals surface area contributed by atoms with Crippen molar-refractivity contribution in [2.24, 2.45) is 0 Å². The van der Waals surface area contributed by atoms with E-state index in [1.165, 1.54) is 25.0 Å². The summed E-state index contributed by atoms with van der Waals surface area (Å²) in [6.07, 6.45) is 4.54. The van der Waals surface area contributed by atoms with Crippen LogP contribution in [-0.2, 0) is 0 Å². The summed E-state index contributed by atoms with van der Waals surface area (Å²) >= 11 is 0. The van der Waals surface area contributed by atoms with Gasteiger partial charge in [-0.3, -0.25) is 4.79 Å². The molecule has 17 heavy (non-hydrogen) atoms. The predicted molar refractivity (Wildman–Crippen MR) is 65.4 cm³/mol. The first kappa shape index (κ1) is 12.1. The van der Waals surface area contributed by atoms with E-state index in [1.807, 2.05) is 11.8 Å². The molecule has 0 heterocycles. The summed E-state index contributed by atoms with van der Waals surface area (Å²) in [5, 5.41) is 0. The molecule has 1 saturated carbocycles. The second-order valence-electron chi connectivity index (χ2n) is 4.54. The van der Waals surface area contributed by atoms with Gasteiger partial charge < -0.3 is 4.90 Å². The molecule has 1 aromatic carbocycles. The summed E-state index contributed by atoms with van der Waals surface area (Å²) in [4.78, 5) is 14.2. The van der Waals surface area contributed by atoms with E-state index in [0.717, 1.165) is 12.8 Å². The summed E-state index contributed by atoms with van der Waals surface area (Å²) < 4.78 is 13.1. The van der Waals surface area contributed by atoms with Crippen molar-refractivity contribution in [3.8, 4) is 0 Å². The zero-order chi connectivity index (χ0) is 12.3. The first-order valence-corrected chi connectivity index (χ1v) is 6.29. The number of benzene rings is 1. The van der Waals surface area contributed by atoms with Gasteiger partial charge in [-0.15, -0.1) is 0 Å². The Labute approximate surface area is 101 Å². The van der Waals surface area contributed by atoms with E-state index in [1.54, 1.807) is 12.1 Å². The Morgan fingerprint density at radius 1 is 1.41 bits per heavy atom. The molecule has 0 aromatic heterocycles. The van der Waals surface area contributed by atoms with Gasteiger partial charge in [-0.2, -0.15) is 0 Å². The van der Waals surface area contributed by atoms with Crippen LogP contribution < -0.4 is 0 Å². The second-order valence-corrected chi connectivity index (χ2v) is 4.54. The molecule has 2 nitrogen and oxygen atoms in total. The minimum atomic E-state index is -0.349. The number of rotatable bonds is 3. The molecule has 0 N–H and O–H groups in total. The highest BCUT2D eigenvalue weighted by atomic mass is 19.1. The Morgan fingerprint density at radius 3 is 2.71 bits per heavy atom. The summed E-state index contributed by atoms with van der Waals surface area (Å²) in [7, 11) is 0. The molecule has 0 aliphatic heterocycles. The van der Waals surface area contributed by atoms with Crippen molar-refractivity contribution < 1.29 is 9.18 Å². The van der Waals surface area contributed by atoms with Crippen molar-refractivity contribution in [1.29, 1.82) is 0 Å². The van der Waals surface area contributed by atoms with Crippen molar-refractivity contribution in [2.45, 2.75) is 38.6 Å². The molecule has 0 saturated heterocycles. The van der Waals surface area contributed by atoms with Gasteiger partial charge in [0, 0.05) is 18.2 Å². The molecule has 2 rings (SSSR count). The van der Waals surface area contributed by atoms with E-state index in [-0.39, 0.29) is 11.7 Å². The summed E-state index contributed by atoms with van der Waals surface area (Å²) in [6, 6.07) is 6.30. The van der Waals surface area contributed by atoms with Crippen LogP contribution in [0, 0.1) is 5.82 Å². The highest BCUT2D eigenvalue weighted by molar-refractivity contribution is 5.94. The van der Waals surface area contributed by atoms with Gasteiger partial charge >= 0.3 is 0 Å². The topological polar surface area (TPSA) is 20.3 Å². The molecule has 0 bridgehead atoms. The van der Waals surface area contributed by atoms with Crippen LogP contribution in [0.3, 0.4) is 0 Å². The third-order valence-corrected chi connectivity index (χ3v) is 3.44. The van der Waals surface area contributed by atoms with Gasteiger partial charge in [-0.25, -0.2) is 4.39 Å². The van der Waals surface area contributed by atoms with Crippen molar-refractivity contribution >= 4 is 5.91 Å². The Balaban J connectivity index is 2.16. The molecule has 0 spiro atoms. The predicted octanol–water partition coefficient (Wildman–Crippen LogP) is 3.23. The fraction of sp³-hybridized carbons (Fsp3) is 0.500. The first-order valence-electron chi connectivity index (χ1n) is 6.29. The van der Waals surface area contributed by atoms with Crippen molar-refractivity contribution in [2.75, 3.05) is 6.54 Å². The van der Waals surface area contributed by atoms with Gasteiger partial charge in [0.05, 0.1) is 0 Å². The van der Waals surface area contributed by atoms with E-state index in [9.17, 15) is 9.18 Å². The number of amides is 1. The Kier molecular flexibility index (Phi) is 3.77. The van der Waals surface area contributed by atoms with E-state index in [2.05, 4.69) is 0 Å². The molecule has 1 aromatic rings. The molecular weight excluding hydrogens is 217 g/mol. The maximum atomic E-state index is 13.1. The van der Waals surface area contributed by atoms with Crippen LogP contribution in [-0.4, -0.2) is 23.4 Å². The normalized spacial score (nSPS) is 16.1. The highest BCUT2D eigenvalue weighted by Crippen LogP contribution is 2.24. The van der Waals surface area contributed by atoms with Crippen LogP contribution in [0.1, 0.15) is 43.0 Å². The Morgan fingerprint density at radius 2 is 2.12 bits per heavy atom. The van der Waals surface area contributed by atoms with Crippen LogP contribution in [0.5, 0.6) is 0 Å². The molecule has 1 aliphatic carbocycles. The van der Waals surface area contributed by atoms with Crippen molar-refractivity contribution in [1.82, 2.24) is 4.90 Å². The number of hydrogen-bond donors (Lipinski definition) is 0. The van der Waals surface area contributed by atoms with Gasteiger partial charge in [0.1, 0.15) is 5.82 Å². The largest absolute Gasteiger partial charge is 0.336 e. The number of halogens is 1. The molecule has 1 aliphatic rings. The summed E-state index contributed by atoms with van der Waals surface area (Å²) in [6.45, 7) is 2.68. The molecule has 1 fully saturated rings. The third kappa shape index (κ3) is 2.65. The molecule has 92 valence electrons. The van der Waals surface area contributed by atoms with Crippen LogP contribution in [0.15, 0.2) is 24.3 Å². The van der Waals surface area contributed by atoms with E-state index in [0.29, 0.717) is 18.2 Å². The maximum Gasteiger partial charge on any atom is 0.254 e. The minimum absolute atomic E-state index is 0.0427. The second kappa shape index (κ2) is 5.30. The summed E-state index contributed by atoms with van der Waals surface area (Å²) in [5.41, 5.74) is 0.457. The Hall–Kier alpha value is -1.38. The number of carbonyl (C=O) groups is 1. The van der Waals surface area contributed by atoms with Crippen LogP contribution in [0.4, 0.5) is 4.39 Å². The quantitative estimate of drug-likeness (QED) is 0.787. The van der Waals surface area contributed by atoms with E-state index < -0.39 is 0 Å². The maximum absolute atomic E-state index is 13.1. The minimum Gasteiger partial charge on any atom is -0.336 e. The van der Waals surface area contributed by atoms with Crippen LogP contribution >= 0.6 is 0 Å². The average molecular weight is 235 g/mol. The molecule has 3 heteroatoms. The standard InChI is InChI=1S/C14H18FNO/c1-2-16(13-8-3-4-9-13)14(17)11-6-5-7-12(15)10-11/h5-7,10,13H,2-4,8-9H2,1H3. The first-order chi connectivity index (χ1) is 8.22. The van der Waals surface area contributed by atoms with E-state index >= 15 is 0 Å². The third-order valence-electron chi connectivity index (χ3n) is 3.44. The fourth-order valence-electron chi connectivity index (χ4n) is 2.57. The average Bonchev–Trinajstić information content (AvgIpc) is 2.83. The lowest BCUT2D eigenvalue weighted by atomic mass is 10.1. The van der Waals surface area contributed by atoms with Crippen LogP contribution in [0.2, 0.25) is 0 Å². The zero-order valence-electron chi connectivity index (χ0n) is 10.2. The highest BCUT2D eigenvalue weighted by Gasteiger charge is 2.26. The Bertz CT molecular complexity index is 399. The van der Waals surface area contributed by atoms with Crippen molar-refractivity contribution in [3.05, 3.63) is 35.6 Å². The monoisotopic (exact) mass is 235 g/mol. The number of hydrogen-bond acceptors (Lipinski definition) is 1. The number of carbonyl (C=O) groups excluding carboxylic acids is 1. The van der Waals surface area contributed by atoms with Gasteiger partial charge in [0.2, 0.25) is 0 Å². The SMILES string of the molecule is CCN(C(=O)c1cccc(F)c1)C1CCCC1. The van der Waals surface area contributed by atoms with Gasteiger partial charge in [-0.05, 0) is 38.0 Å². The molecule has 0 atom stereocenters. The van der Waals surface area contributed by atoms with E-state index in [4.69, 9.17) is 0 Å². The van der Waals surface area contributed by atoms with Gasteiger partial charge in [0.25, 0.3) is 5.91 Å². The lowest BCUT2D eigenvalue weighted by Gasteiger charge is -2.27. The fourth-order valence-corrected chi connectivity index (χ4v) is 2.57. The molecular formula is C14H18FNO. The van der Waals surface area contributed by atoms with Gasteiger partial charge in [0.15, 0.2) is 0 Å². The number of nitrogens with zero attached hydrogens (tertiary/aromatic N) is 1. The lowest BCUT2D eigenvalue weighted by molar-refractivity contribution is 0.0693. The lowest BCUT2D eigenvalue weighted by Crippen LogP contribution is -2.38. The van der Waals surface area contributed by atoms with Crippen LogP contribution in [0.25, 0.3) is 0 Å². The summed E-state index contributed by atoms with van der Waals surface area (Å²) in [5.74, 6) is -0.391. The molecule has 1 amide bonds. The molecule has 0 unspecified atom stereocenters. The smallest absolute Gasteiger partial charge is 0.254 e. The van der Waals surface area contributed by atoms with Crippen molar-refractivity contribution in [3.63, 3.8) is 0 Å².